The molecular formula is C16H17NO2. The van der Waals surface area contributed by atoms with Gasteiger partial charge in [0.1, 0.15) is 11.5 Å². The molecule has 0 heterocycles. The van der Waals surface area contributed by atoms with Crippen molar-refractivity contribution in [3.8, 4) is 11.5 Å². The van der Waals surface area contributed by atoms with Crippen LogP contribution in [0.4, 0.5) is 0 Å². The average molecular weight is 255 g/mol. The summed E-state index contributed by atoms with van der Waals surface area (Å²) in [6.45, 7) is 4.00. The second-order valence-corrected chi connectivity index (χ2v) is 4.44. The minimum Gasteiger partial charge on any atom is -0.457 e. The van der Waals surface area contributed by atoms with E-state index in [0.29, 0.717) is 6.54 Å². The Morgan fingerprint density at radius 3 is 2.58 bits per heavy atom. The van der Waals surface area contributed by atoms with Gasteiger partial charge in [0, 0.05) is 19.0 Å². The van der Waals surface area contributed by atoms with Gasteiger partial charge < -0.3 is 10.1 Å². The number of hydrogen-bond acceptors (Lipinski definition) is 2. The molecule has 3 nitrogen and oxygen atoms in total. The van der Waals surface area contributed by atoms with Crippen molar-refractivity contribution >= 4 is 5.91 Å². The maximum Gasteiger partial charge on any atom is 0.217 e. The predicted molar refractivity (Wildman–Crippen MR) is 75.2 cm³/mol. The third-order valence-corrected chi connectivity index (χ3v) is 2.71. The Morgan fingerprint density at radius 2 is 1.89 bits per heavy atom. The molecule has 0 saturated carbocycles. The summed E-state index contributed by atoms with van der Waals surface area (Å²) >= 11 is 0. The number of nitrogens with one attached hydrogen (secondary N) is 1. The second-order valence-electron chi connectivity index (χ2n) is 4.44. The smallest absolute Gasteiger partial charge is 0.217 e. The first-order valence-corrected chi connectivity index (χ1v) is 6.22. The minimum absolute atomic E-state index is 0.0489. The molecule has 2 aromatic carbocycles. The number of carbonyl (C=O) groups is 1. The molecule has 2 aromatic rings. The molecule has 0 aliphatic rings. The van der Waals surface area contributed by atoms with Gasteiger partial charge in [0.25, 0.3) is 0 Å². The molecule has 1 amide bonds. The quantitative estimate of drug-likeness (QED) is 0.909. The van der Waals surface area contributed by atoms with Gasteiger partial charge in [-0.3, -0.25) is 4.79 Å². The van der Waals surface area contributed by atoms with E-state index >= 15 is 0 Å². The van der Waals surface area contributed by atoms with Crippen LogP contribution in [0.1, 0.15) is 18.1 Å². The van der Waals surface area contributed by atoms with E-state index in [1.165, 1.54) is 6.92 Å². The Balaban J connectivity index is 2.21. The molecule has 1 N–H and O–H groups in total. The molecule has 3 heteroatoms. The first-order valence-electron chi connectivity index (χ1n) is 6.22. The fourth-order valence-electron chi connectivity index (χ4n) is 1.78. The molecule has 0 unspecified atom stereocenters. The lowest BCUT2D eigenvalue weighted by Gasteiger charge is -2.12. The van der Waals surface area contributed by atoms with E-state index in [-0.39, 0.29) is 5.91 Å². The summed E-state index contributed by atoms with van der Waals surface area (Å²) in [7, 11) is 0. The van der Waals surface area contributed by atoms with Crippen LogP contribution in [0.25, 0.3) is 0 Å². The number of aryl methyl sites for hydroxylation is 1. The van der Waals surface area contributed by atoms with Gasteiger partial charge in [-0.1, -0.05) is 35.9 Å². The van der Waals surface area contributed by atoms with Crippen molar-refractivity contribution in [1.29, 1.82) is 0 Å². The fraction of sp³-hybridized carbons (Fsp3) is 0.188. The molecule has 19 heavy (non-hydrogen) atoms. The highest BCUT2D eigenvalue weighted by Crippen LogP contribution is 2.26. The van der Waals surface area contributed by atoms with Crippen LogP contribution in [0, 0.1) is 6.92 Å². The van der Waals surface area contributed by atoms with Crippen LogP contribution in [0.5, 0.6) is 11.5 Å². The van der Waals surface area contributed by atoms with Gasteiger partial charge in [0.2, 0.25) is 5.91 Å². The Kier molecular flexibility index (Phi) is 4.18. The Labute approximate surface area is 113 Å². The van der Waals surface area contributed by atoms with Gasteiger partial charge in [-0.05, 0) is 25.1 Å². The highest BCUT2D eigenvalue weighted by molar-refractivity contribution is 5.72. The zero-order chi connectivity index (χ0) is 13.7. The van der Waals surface area contributed by atoms with Crippen LogP contribution in [0.2, 0.25) is 0 Å². The van der Waals surface area contributed by atoms with E-state index in [9.17, 15) is 4.79 Å². The Bertz CT molecular complexity index is 564. The van der Waals surface area contributed by atoms with Crippen LogP contribution < -0.4 is 10.1 Å². The normalized spacial score (nSPS) is 10.0. The topological polar surface area (TPSA) is 38.3 Å². The van der Waals surface area contributed by atoms with Crippen LogP contribution in [-0.4, -0.2) is 5.91 Å². The van der Waals surface area contributed by atoms with E-state index in [2.05, 4.69) is 5.32 Å². The van der Waals surface area contributed by atoms with Crippen molar-refractivity contribution in [3.63, 3.8) is 0 Å². The fourth-order valence-corrected chi connectivity index (χ4v) is 1.78. The van der Waals surface area contributed by atoms with Crippen molar-refractivity contribution in [2.45, 2.75) is 20.4 Å². The largest absolute Gasteiger partial charge is 0.457 e. The highest BCUT2D eigenvalue weighted by Gasteiger charge is 2.06. The molecule has 0 fully saturated rings. The molecule has 0 atom stereocenters. The molecule has 0 aliphatic carbocycles. The number of para-hydroxylation sites is 1. The van der Waals surface area contributed by atoms with E-state index in [0.717, 1.165) is 22.6 Å². The molecule has 2 rings (SSSR count). The molecule has 0 radical (unpaired) electrons. The summed E-state index contributed by atoms with van der Waals surface area (Å²) in [4.78, 5) is 11.0. The highest BCUT2D eigenvalue weighted by atomic mass is 16.5. The third kappa shape index (κ3) is 3.85. The van der Waals surface area contributed by atoms with E-state index in [4.69, 9.17) is 4.74 Å². The average Bonchev–Trinajstić information content (AvgIpc) is 2.40. The number of hydrogen-bond donors (Lipinski definition) is 1. The summed E-state index contributed by atoms with van der Waals surface area (Å²) < 4.78 is 5.85. The lowest BCUT2D eigenvalue weighted by atomic mass is 10.1. The molecule has 0 aromatic heterocycles. The summed E-state index contributed by atoms with van der Waals surface area (Å²) in [5.74, 6) is 1.51. The zero-order valence-electron chi connectivity index (χ0n) is 11.1. The number of ether oxygens (including phenoxy) is 1. The molecular weight excluding hydrogens is 238 g/mol. The van der Waals surface area contributed by atoms with Crippen molar-refractivity contribution in [2.24, 2.45) is 0 Å². The lowest BCUT2D eigenvalue weighted by Crippen LogP contribution is -2.19. The molecule has 0 aliphatic heterocycles. The number of benzene rings is 2. The van der Waals surface area contributed by atoms with Crippen molar-refractivity contribution < 1.29 is 9.53 Å². The summed E-state index contributed by atoms with van der Waals surface area (Å²) in [5.41, 5.74) is 2.11. The monoisotopic (exact) mass is 255 g/mol. The molecule has 0 spiro atoms. The first-order chi connectivity index (χ1) is 9.15. The summed E-state index contributed by atoms with van der Waals surface area (Å²) in [6, 6.07) is 15.6. The molecule has 0 saturated heterocycles. The second kappa shape index (κ2) is 6.05. The van der Waals surface area contributed by atoms with E-state index in [1.54, 1.807) is 0 Å². The van der Waals surface area contributed by atoms with Gasteiger partial charge in [0.15, 0.2) is 0 Å². The SMILES string of the molecule is CC(=O)NCc1cc(C)ccc1Oc1ccccc1. The number of amides is 1. The number of rotatable bonds is 4. The van der Waals surface area contributed by atoms with Crippen LogP contribution in [-0.2, 0) is 11.3 Å². The van der Waals surface area contributed by atoms with Crippen molar-refractivity contribution in [2.75, 3.05) is 0 Å². The Hall–Kier alpha value is -2.29. The van der Waals surface area contributed by atoms with Gasteiger partial charge in [-0.2, -0.15) is 0 Å². The predicted octanol–water partition coefficient (Wildman–Crippen LogP) is 3.42. The summed E-state index contributed by atoms with van der Waals surface area (Å²) in [6.07, 6.45) is 0. The van der Waals surface area contributed by atoms with Gasteiger partial charge in [-0.15, -0.1) is 0 Å². The van der Waals surface area contributed by atoms with Crippen LogP contribution >= 0.6 is 0 Å². The minimum atomic E-state index is -0.0489. The Morgan fingerprint density at radius 1 is 1.16 bits per heavy atom. The molecule has 98 valence electrons. The van der Waals surface area contributed by atoms with Gasteiger partial charge in [-0.25, -0.2) is 0 Å². The maximum absolute atomic E-state index is 11.0. The van der Waals surface area contributed by atoms with E-state index in [1.807, 2.05) is 55.5 Å². The van der Waals surface area contributed by atoms with Crippen LogP contribution in [0.15, 0.2) is 48.5 Å². The standard InChI is InChI=1S/C16H17NO2/c1-12-8-9-16(14(10-12)11-17-13(2)18)19-15-6-4-3-5-7-15/h3-10H,11H2,1-2H3,(H,17,18). The van der Waals surface area contributed by atoms with E-state index < -0.39 is 0 Å². The first kappa shape index (κ1) is 13.1. The van der Waals surface area contributed by atoms with Crippen molar-refractivity contribution in [3.05, 3.63) is 59.7 Å². The summed E-state index contributed by atoms with van der Waals surface area (Å²) in [5, 5.41) is 2.80. The lowest BCUT2D eigenvalue weighted by molar-refractivity contribution is -0.119. The maximum atomic E-state index is 11.0. The van der Waals surface area contributed by atoms with Gasteiger partial charge in [0.05, 0.1) is 0 Å². The van der Waals surface area contributed by atoms with Gasteiger partial charge >= 0.3 is 0 Å². The molecule has 0 bridgehead atoms. The van der Waals surface area contributed by atoms with Crippen molar-refractivity contribution in [1.82, 2.24) is 5.32 Å². The number of carbonyl (C=O) groups excluding carboxylic acids is 1. The van der Waals surface area contributed by atoms with Crippen LogP contribution in [0.3, 0.4) is 0 Å². The zero-order valence-corrected chi connectivity index (χ0v) is 11.1. The third-order valence-electron chi connectivity index (χ3n) is 2.71.